The summed E-state index contributed by atoms with van der Waals surface area (Å²) >= 11 is 1.74. The van der Waals surface area contributed by atoms with Gasteiger partial charge in [-0.25, -0.2) is 0 Å². The first-order chi connectivity index (χ1) is 10.8. The van der Waals surface area contributed by atoms with Gasteiger partial charge in [-0.2, -0.15) is 16.4 Å². The molecule has 0 aromatic carbocycles. The zero-order valence-corrected chi connectivity index (χ0v) is 16.9. The molecule has 0 radical (unpaired) electrons. The Morgan fingerprint density at radius 1 is 1.43 bits per heavy atom. The van der Waals surface area contributed by atoms with Crippen LogP contribution in [0.1, 0.15) is 31.7 Å². The molecule has 128 valence electrons. The van der Waals surface area contributed by atoms with Crippen LogP contribution >= 0.6 is 35.3 Å². The molecule has 2 rings (SSSR count). The van der Waals surface area contributed by atoms with E-state index in [1.165, 1.54) is 5.56 Å². The van der Waals surface area contributed by atoms with Crippen molar-refractivity contribution in [2.45, 2.75) is 32.7 Å². The van der Waals surface area contributed by atoms with Crippen molar-refractivity contribution in [1.29, 1.82) is 0 Å². The number of aryl methyl sites for hydroxylation is 1. The Morgan fingerprint density at radius 3 is 2.96 bits per heavy atom. The molecule has 0 fully saturated rings. The lowest BCUT2D eigenvalue weighted by molar-refractivity contribution is 0.570. The largest absolute Gasteiger partial charge is 0.357 e. The number of hydrogen-bond donors (Lipinski definition) is 2. The van der Waals surface area contributed by atoms with E-state index in [2.05, 4.69) is 51.4 Å². The maximum atomic E-state index is 4.68. The summed E-state index contributed by atoms with van der Waals surface area (Å²) in [6.45, 7) is 7.78. The summed E-state index contributed by atoms with van der Waals surface area (Å²) in [5.41, 5.74) is 1.36. The van der Waals surface area contributed by atoms with Crippen LogP contribution in [0.15, 0.2) is 40.3 Å². The normalized spacial score (nSPS) is 12.5. The van der Waals surface area contributed by atoms with Gasteiger partial charge in [0.05, 0.1) is 0 Å². The van der Waals surface area contributed by atoms with E-state index in [-0.39, 0.29) is 24.0 Å². The molecule has 2 heterocycles. The van der Waals surface area contributed by atoms with E-state index in [1.54, 1.807) is 11.3 Å². The minimum atomic E-state index is 0. The van der Waals surface area contributed by atoms with E-state index in [4.69, 9.17) is 0 Å². The molecule has 1 atom stereocenters. The van der Waals surface area contributed by atoms with Crippen LogP contribution in [-0.2, 0) is 6.54 Å². The SMILES string of the molecule is CCNC(=NCC(C)c1ccsc1)NCCCn1cccn1.I. The molecular weight excluding hydrogens is 421 g/mol. The summed E-state index contributed by atoms with van der Waals surface area (Å²) in [4.78, 5) is 4.68. The van der Waals surface area contributed by atoms with Crippen LogP contribution in [0.5, 0.6) is 0 Å². The number of aromatic nitrogens is 2. The highest BCUT2D eigenvalue weighted by atomic mass is 127. The number of hydrogen-bond acceptors (Lipinski definition) is 3. The molecule has 0 aliphatic rings. The number of nitrogens with one attached hydrogen (secondary N) is 2. The average Bonchev–Trinajstić information content (AvgIpc) is 3.21. The zero-order chi connectivity index (χ0) is 15.6. The van der Waals surface area contributed by atoms with E-state index >= 15 is 0 Å². The summed E-state index contributed by atoms with van der Waals surface area (Å²) in [7, 11) is 0. The van der Waals surface area contributed by atoms with Gasteiger partial charge in [0.15, 0.2) is 5.96 Å². The number of guanidine groups is 1. The summed E-state index contributed by atoms with van der Waals surface area (Å²) in [5, 5.41) is 15.2. The van der Waals surface area contributed by atoms with Crippen molar-refractivity contribution in [1.82, 2.24) is 20.4 Å². The Morgan fingerprint density at radius 2 is 2.30 bits per heavy atom. The second-order valence-corrected chi connectivity index (χ2v) is 6.01. The molecule has 2 aromatic rings. The minimum Gasteiger partial charge on any atom is -0.357 e. The zero-order valence-electron chi connectivity index (χ0n) is 13.7. The quantitative estimate of drug-likeness (QED) is 0.283. The number of thiophene rings is 1. The monoisotopic (exact) mass is 447 g/mol. The minimum absolute atomic E-state index is 0. The third kappa shape index (κ3) is 7.34. The maximum absolute atomic E-state index is 4.68. The van der Waals surface area contributed by atoms with Crippen molar-refractivity contribution >= 4 is 41.3 Å². The van der Waals surface area contributed by atoms with Gasteiger partial charge in [0.1, 0.15) is 0 Å². The summed E-state index contributed by atoms with van der Waals surface area (Å²) < 4.78 is 1.95. The highest BCUT2D eigenvalue weighted by Crippen LogP contribution is 2.18. The first kappa shape index (κ1) is 20.0. The van der Waals surface area contributed by atoms with Gasteiger partial charge in [-0.3, -0.25) is 9.67 Å². The van der Waals surface area contributed by atoms with Crippen LogP contribution < -0.4 is 10.6 Å². The van der Waals surface area contributed by atoms with Crippen LogP contribution in [-0.4, -0.2) is 35.4 Å². The molecule has 7 heteroatoms. The van der Waals surface area contributed by atoms with Crippen LogP contribution in [0.2, 0.25) is 0 Å². The summed E-state index contributed by atoms with van der Waals surface area (Å²) in [6.07, 6.45) is 4.82. The lowest BCUT2D eigenvalue weighted by Crippen LogP contribution is -2.38. The fourth-order valence-electron chi connectivity index (χ4n) is 2.11. The molecule has 23 heavy (non-hydrogen) atoms. The molecule has 0 bridgehead atoms. The van der Waals surface area contributed by atoms with Crippen molar-refractivity contribution in [2.75, 3.05) is 19.6 Å². The standard InChI is InChI=1S/C16H25N5S.HI/c1-3-17-16(18-7-4-9-21-10-5-8-20-21)19-12-14(2)15-6-11-22-13-15;/h5-6,8,10-11,13-14H,3-4,7,9,12H2,1-2H3,(H2,17,18,19);1H. The predicted octanol–water partition coefficient (Wildman–Crippen LogP) is 3.31. The molecule has 5 nitrogen and oxygen atoms in total. The van der Waals surface area contributed by atoms with Crippen molar-refractivity contribution in [2.24, 2.45) is 4.99 Å². The Bertz CT molecular complexity index is 539. The van der Waals surface area contributed by atoms with Gasteiger partial charge in [-0.15, -0.1) is 24.0 Å². The molecule has 2 N–H and O–H groups in total. The smallest absolute Gasteiger partial charge is 0.191 e. The molecule has 0 saturated carbocycles. The van der Waals surface area contributed by atoms with Gasteiger partial charge < -0.3 is 10.6 Å². The highest BCUT2D eigenvalue weighted by molar-refractivity contribution is 14.0. The highest BCUT2D eigenvalue weighted by Gasteiger charge is 2.05. The summed E-state index contributed by atoms with van der Waals surface area (Å²) in [6, 6.07) is 4.13. The van der Waals surface area contributed by atoms with Crippen LogP contribution in [0.25, 0.3) is 0 Å². The lowest BCUT2D eigenvalue weighted by atomic mass is 10.1. The maximum Gasteiger partial charge on any atom is 0.191 e. The third-order valence-corrected chi connectivity index (χ3v) is 4.10. The van der Waals surface area contributed by atoms with E-state index in [9.17, 15) is 0 Å². The molecule has 1 unspecified atom stereocenters. The van der Waals surface area contributed by atoms with E-state index in [0.717, 1.165) is 38.6 Å². The van der Waals surface area contributed by atoms with Crippen LogP contribution in [0.3, 0.4) is 0 Å². The van der Waals surface area contributed by atoms with E-state index < -0.39 is 0 Å². The number of nitrogens with zero attached hydrogens (tertiary/aromatic N) is 3. The third-order valence-electron chi connectivity index (χ3n) is 3.40. The molecule has 2 aromatic heterocycles. The lowest BCUT2D eigenvalue weighted by Gasteiger charge is -2.13. The Kier molecular flexibility index (Phi) is 9.93. The molecule has 0 aliphatic carbocycles. The number of halogens is 1. The Labute approximate surface area is 159 Å². The summed E-state index contributed by atoms with van der Waals surface area (Å²) in [5.74, 6) is 1.34. The van der Waals surface area contributed by atoms with Gasteiger partial charge in [0.25, 0.3) is 0 Å². The fourth-order valence-corrected chi connectivity index (χ4v) is 2.89. The first-order valence-corrected chi connectivity index (χ1v) is 8.75. The van der Waals surface area contributed by atoms with Gasteiger partial charge >= 0.3 is 0 Å². The van der Waals surface area contributed by atoms with Crippen LogP contribution in [0, 0.1) is 0 Å². The van der Waals surface area contributed by atoms with Crippen LogP contribution in [0.4, 0.5) is 0 Å². The van der Waals surface area contributed by atoms with Crippen molar-refractivity contribution in [3.8, 4) is 0 Å². The molecule has 0 aliphatic heterocycles. The average molecular weight is 447 g/mol. The second-order valence-electron chi connectivity index (χ2n) is 5.23. The van der Waals surface area contributed by atoms with Gasteiger partial charge in [0.2, 0.25) is 0 Å². The Hall–Kier alpha value is -1.09. The molecule has 0 saturated heterocycles. The molecular formula is C16H26IN5S. The predicted molar refractivity (Wildman–Crippen MR) is 109 cm³/mol. The van der Waals surface area contributed by atoms with Crippen molar-refractivity contribution in [3.63, 3.8) is 0 Å². The number of rotatable bonds is 8. The van der Waals surface area contributed by atoms with E-state index in [1.807, 2.05) is 23.1 Å². The molecule has 0 amide bonds. The molecule has 0 spiro atoms. The second kappa shape index (κ2) is 11.4. The van der Waals surface area contributed by atoms with Gasteiger partial charge in [-0.1, -0.05) is 6.92 Å². The first-order valence-electron chi connectivity index (χ1n) is 7.81. The topological polar surface area (TPSA) is 54.2 Å². The van der Waals surface area contributed by atoms with E-state index in [0.29, 0.717) is 5.92 Å². The fraction of sp³-hybridized carbons (Fsp3) is 0.500. The number of aliphatic imine (C=N–C) groups is 1. The van der Waals surface area contributed by atoms with Gasteiger partial charge in [-0.05, 0) is 41.8 Å². The Balaban J connectivity index is 0.00000264. The van der Waals surface area contributed by atoms with Gasteiger partial charge in [0, 0.05) is 44.5 Å². The van der Waals surface area contributed by atoms with Crippen molar-refractivity contribution in [3.05, 3.63) is 40.8 Å². The van der Waals surface area contributed by atoms with Crippen molar-refractivity contribution < 1.29 is 0 Å².